The van der Waals surface area contributed by atoms with Gasteiger partial charge in [0.25, 0.3) is 5.91 Å². The summed E-state index contributed by atoms with van der Waals surface area (Å²) in [5.74, 6) is 5.02. The molecule has 0 aliphatic rings. The van der Waals surface area contributed by atoms with Crippen LogP contribution in [0.15, 0.2) is 18.5 Å². The number of pyridine rings is 1. The van der Waals surface area contributed by atoms with Gasteiger partial charge in [0.05, 0.1) is 5.56 Å². The molecule has 1 aromatic rings. The Morgan fingerprint density at radius 2 is 2.39 bits per heavy atom. The maximum Gasteiger partial charge on any atom is 0.252 e. The first-order chi connectivity index (χ1) is 8.77. The number of nitrogens with one attached hydrogen (secondary N) is 1. The number of rotatable bonds is 5. The Hall–Kier alpha value is -1.90. The number of carbonyl (C=O) groups is 1. The second-order valence-electron chi connectivity index (χ2n) is 3.52. The standard InChI is InChI=1S/C13H16N2O3/c1-18-7-3-5-15-13(17)12-8-11(4-2-6-16)9-14-10-12/h8-10,16H,3,5-7H2,1H3,(H,15,17). The number of aromatic nitrogens is 1. The molecule has 0 unspecified atom stereocenters. The van der Waals surface area contributed by atoms with Crippen LogP contribution in [0.1, 0.15) is 22.3 Å². The van der Waals surface area contributed by atoms with E-state index >= 15 is 0 Å². The lowest BCUT2D eigenvalue weighted by Gasteiger charge is -2.04. The summed E-state index contributed by atoms with van der Waals surface area (Å²) in [6.07, 6.45) is 3.79. The molecule has 0 saturated carbocycles. The summed E-state index contributed by atoms with van der Waals surface area (Å²) < 4.78 is 4.89. The Morgan fingerprint density at radius 3 is 3.11 bits per heavy atom. The Balaban J connectivity index is 2.57. The molecule has 2 N–H and O–H groups in total. The van der Waals surface area contributed by atoms with E-state index in [1.165, 1.54) is 6.20 Å². The summed E-state index contributed by atoms with van der Waals surface area (Å²) in [5, 5.41) is 11.3. The number of amides is 1. The van der Waals surface area contributed by atoms with E-state index in [4.69, 9.17) is 9.84 Å². The van der Waals surface area contributed by atoms with Crippen molar-refractivity contribution in [3.63, 3.8) is 0 Å². The fraction of sp³-hybridized carbons (Fsp3) is 0.385. The maximum absolute atomic E-state index is 11.7. The molecule has 5 nitrogen and oxygen atoms in total. The predicted octanol–water partition coefficient (Wildman–Crippen LogP) is 0.192. The third-order valence-electron chi connectivity index (χ3n) is 2.12. The molecule has 18 heavy (non-hydrogen) atoms. The molecule has 0 radical (unpaired) electrons. The number of aliphatic hydroxyl groups excluding tert-OH is 1. The number of hydrogen-bond donors (Lipinski definition) is 2. The smallest absolute Gasteiger partial charge is 0.252 e. The molecule has 0 fully saturated rings. The molecular weight excluding hydrogens is 232 g/mol. The first-order valence-corrected chi connectivity index (χ1v) is 5.60. The van der Waals surface area contributed by atoms with Gasteiger partial charge in [-0.3, -0.25) is 9.78 Å². The SMILES string of the molecule is COCCCNC(=O)c1cncc(C#CCO)c1. The van der Waals surface area contributed by atoms with Crippen molar-refractivity contribution < 1.29 is 14.6 Å². The van der Waals surface area contributed by atoms with Crippen LogP contribution in [0.25, 0.3) is 0 Å². The molecule has 0 atom stereocenters. The summed E-state index contributed by atoms with van der Waals surface area (Å²) >= 11 is 0. The van der Waals surface area contributed by atoms with Crippen molar-refractivity contribution in [1.29, 1.82) is 0 Å². The van der Waals surface area contributed by atoms with Crippen LogP contribution >= 0.6 is 0 Å². The Labute approximate surface area is 106 Å². The number of hydrogen-bond acceptors (Lipinski definition) is 4. The molecule has 1 heterocycles. The van der Waals surface area contributed by atoms with Crippen molar-refractivity contribution >= 4 is 5.91 Å². The first kappa shape index (κ1) is 14.2. The summed E-state index contributed by atoms with van der Waals surface area (Å²) in [6, 6.07) is 1.64. The maximum atomic E-state index is 11.7. The highest BCUT2D eigenvalue weighted by Crippen LogP contribution is 2.01. The van der Waals surface area contributed by atoms with Gasteiger partial charge in [-0.25, -0.2) is 0 Å². The van der Waals surface area contributed by atoms with Gasteiger partial charge >= 0.3 is 0 Å². The average molecular weight is 248 g/mol. The monoisotopic (exact) mass is 248 g/mol. The first-order valence-electron chi connectivity index (χ1n) is 5.60. The third kappa shape index (κ3) is 4.95. The highest BCUT2D eigenvalue weighted by Gasteiger charge is 2.05. The van der Waals surface area contributed by atoms with Gasteiger partial charge in [0.2, 0.25) is 0 Å². The second kappa shape index (κ2) is 8.23. The molecule has 0 aliphatic carbocycles. The van der Waals surface area contributed by atoms with Crippen LogP contribution in [-0.2, 0) is 4.74 Å². The van der Waals surface area contributed by atoms with E-state index in [2.05, 4.69) is 22.1 Å². The van der Waals surface area contributed by atoms with Crippen LogP contribution in [0.3, 0.4) is 0 Å². The quantitative estimate of drug-likeness (QED) is 0.576. The number of nitrogens with zero attached hydrogens (tertiary/aromatic N) is 1. The Kier molecular flexibility index (Phi) is 6.47. The van der Waals surface area contributed by atoms with Crippen molar-refractivity contribution in [3.05, 3.63) is 29.6 Å². The van der Waals surface area contributed by atoms with E-state index in [9.17, 15) is 4.79 Å². The fourth-order valence-electron chi connectivity index (χ4n) is 1.29. The molecule has 0 aliphatic heterocycles. The molecule has 1 aromatic heterocycles. The van der Waals surface area contributed by atoms with Gasteiger partial charge in [-0.15, -0.1) is 0 Å². The van der Waals surface area contributed by atoms with Crippen molar-refractivity contribution in [1.82, 2.24) is 10.3 Å². The second-order valence-corrected chi connectivity index (χ2v) is 3.52. The van der Waals surface area contributed by atoms with E-state index in [1.807, 2.05) is 0 Å². The minimum atomic E-state index is -0.215. The van der Waals surface area contributed by atoms with Gasteiger partial charge in [-0.1, -0.05) is 11.8 Å². The molecule has 1 amide bonds. The van der Waals surface area contributed by atoms with Gasteiger partial charge in [0.1, 0.15) is 6.61 Å². The fourth-order valence-corrected chi connectivity index (χ4v) is 1.29. The number of methoxy groups -OCH3 is 1. The zero-order chi connectivity index (χ0) is 13.2. The normalized spacial score (nSPS) is 9.44. The number of carbonyl (C=O) groups excluding carboxylic acids is 1. The van der Waals surface area contributed by atoms with Gasteiger partial charge in [0, 0.05) is 38.2 Å². The van der Waals surface area contributed by atoms with Crippen LogP contribution in [0.5, 0.6) is 0 Å². The van der Waals surface area contributed by atoms with E-state index in [0.717, 1.165) is 6.42 Å². The lowest BCUT2D eigenvalue weighted by molar-refractivity contribution is 0.0948. The van der Waals surface area contributed by atoms with E-state index in [-0.39, 0.29) is 12.5 Å². The molecule has 0 aromatic carbocycles. The molecule has 96 valence electrons. The van der Waals surface area contributed by atoms with Gasteiger partial charge in [0.15, 0.2) is 0 Å². The van der Waals surface area contributed by atoms with E-state index in [1.54, 1.807) is 19.4 Å². The van der Waals surface area contributed by atoms with Crippen molar-refractivity contribution in [2.45, 2.75) is 6.42 Å². The summed E-state index contributed by atoms with van der Waals surface area (Å²) in [4.78, 5) is 15.7. The highest BCUT2D eigenvalue weighted by atomic mass is 16.5. The minimum Gasteiger partial charge on any atom is -0.385 e. The van der Waals surface area contributed by atoms with Gasteiger partial charge in [-0.2, -0.15) is 0 Å². The zero-order valence-electron chi connectivity index (χ0n) is 10.3. The van der Waals surface area contributed by atoms with Crippen LogP contribution in [0, 0.1) is 11.8 Å². The summed E-state index contributed by atoms with van der Waals surface area (Å²) in [6.45, 7) is 0.952. The minimum absolute atomic E-state index is 0.189. The number of ether oxygens (including phenoxy) is 1. The zero-order valence-corrected chi connectivity index (χ0v) is 10.3. The van der Waals surface area contributed by atoms with Gasteiger partial charge in [-0.05, 0) is 12.5 Å². The van der Waals surface area contributed by atoms with Crippen LogP contribution in [-0.4, -0.2) is 42.9 Å². The summed E-state index contributed by atoms with van der Waals surface area (Å²) in [5.41, 5.74) is 1.06. The van der Waals surface area contributed by atoms with Crippen LogP contribution in [0.2, 0.25) is 0 Å². The van der Waals surface area contributed by atoms with Crippen LogP contribution in [0.4, 0.5) is 0 Å². The molecule has 1 rings (SSSR count). The topological polar surface area (TPSA) is 71.5 Å². The average Bonchev–Trinajstić information content (AvgIpc) is 2.41. The van der Waals surface area contributed by atoms with Gasteiger partial charge < -0.3 is 15.2 Å². The highest BCUT2D eigenvalue weighted by molar-refractivity contribution is 5.94. The van der Waals surface area contributed by atoms with Crippen molar-refractivity contribution in [2.24, 2.45) is 0 Å². The molecule has 0 spiro atoms. The lowest BCUT2D eigenvalue weighted by atomic mass is 10.2. The van der Waals surface area contributed by atoms with E-state index < -0.39 is 0 Å². The molecule has 0 saturated heterocycles. The summed E-state index contributed by atoms with van der Waals surface area (Å²) in [7, 11) is 1.62. The molecule has 5 heteroatoms. The Bertz CT molecular complexity index is 449. The third-order valence-corrected chi connectivity index (χ3v) is 2.12. The molecule has 0 bridgehead atoms. The van der Waals surface area contributed by atoms with E-state index in [0.29, 0.717) is 24.3 Å². The lowest BCUT2D eigenvalue weighted by Crippen LogP contribution is -2.25. The van der Waals surface area contributed by atoms with Crippen molar-refractivity contribution in [3.8, 4) is 11.8 Å². The van der Waals surface area contributed by atoms with Crippen LogP contribution < -0.4 is 5.32 Å². The largest absolute Gasteiger partial charge is 0.385 e. The molecular formula is C13H16N2O3. The Morgan fingerprint density at radius 1 is 1.56 bits per heavy atom. The van der Waals surface area contributed by atoms with Crippen molar-refractivity contribution in [2.75, 3.05) is 26.9 Å². The number of aliphatic hydroxyl groups is 1. The predicted molar refractivity (Wildman–Crippen MR) is 67.0 cm³/mol.